The molecule has 1 saturated heterocycles. The zero-order chi connectivity index (χ0) is 19.5. The average Bonchev–Trinajstić information content (AvgIpc) is 3.36. The van der Waals surface area contributed by atoms with Crippen LogP contribution < -0.4 is 5.32 Å². The van der Waals surface area contributed by atoms with E-state index in [0.717, 1.165) is 23.7 Å². The first-order valence-corrected chi connectivity index (χ1v) is 9.61. The van der Waals surface area contributed by atoms with Crippen LogP contribution in [0.15, 0.2) is 47.3 Å². The largest absolute Gasteiger partial charge is 0.441 e. The molecule has 146 valence electrons. The number of carbonyl (C=O) groups excluding carboxylic acids is 1. The van der Waals surface area contributed by atoms with Crippen molar-refractivity contribution in [3.05, 3.63) is 60.1 Å². The molecule has 1 amide bonds. The van der Waals surface area contributed by atoms with Crippen molar-refractivity contribution in [1.29, 1.82) is 0 Å². The maximum Gasteiger partial charge on any atom is 0.223 e. The third-order valence-electron chi connectivity index (χ3n) is 5.16. The highest BCUT2D eigenvalue weighted by molar-refractivity contribution is 5.77. The summed E-state index contributed by atoms with van der Waals surface area (Å²) in [5, 5.41) is 3.36. The number of aromatic nitrogens is 3. The molecule has 3 aromatic rings. The van der Waals surface area contributed by atoms with Crippen LogP contribution in [-0.2, 0) is 18.3 Å². The Morgan fingerprint density at radius 1 is 1.29 bits per heavy atom. The van der Waals surface area contributed by atoms with Gasteiger partial charge >= 0.3 is 0 Å². The lowest BCUT2D eigenvalue weighted by Gasteiger charge is -2.35. The fraction of sp³-hybridized carbons (Fsp3) is 0.381. The molecule has 2 aromatic heterocycles. The third-order valence-corrected chi connectivity index (χ3v) is 5.16. The number of amides is 1. The summed E-state index contributed by atoms with van der Waals surface area (Å²) in [7, 11) is 1.96. The molecule has 1 N–H and O–H groups in total. The molecule has 1 unspecified atom stereocenters. The molecule has 4 rings (SSSR count). The number of hydrogen-bond donors (Lipinski definition) is 1. The topological polar surface area (TPSA) is 76.2 Å². The van der Waals surface area contributed by atoms with E-state index in [0.29, 0.717) is 31.8 Å². The number of carbonyl (C=O) groups is 1. The second kappa shape index (κ2) is 7.98. The van der Waals surface area contributed by atoms with Crippen LogP contribution in [0.1, 0.15) is 29.7 Å². The van der Waals surface area contributed by atoms with Gasteiger partial charge in [0.25, 0.3) is 0 Å². The molecule has 1 aliphatic rings. The molecule has 1 aliphatic heterocycles. The first-order valence-electron chi connectivity index (χ1n) is 9.61. The second-order valence-electron chi connectivity index (χ2n) is 7.19. The lowest BCUT2D eigenvalue weighted by molar-refractivity contribution is -0.134. The molecule has 28 heavy (non-hydrogen) atoms. The Morgan fingerprint density at radius 2 is 2.11 bits per heavy atom. The van der Waals surface area contributed by atoms with E-state index in [2.05, 4.69) is 22.2 Å². The molecule has 0 spiro atoms. The van der Waals surface area contributed by atoms with Gasteiger partial charge in [-0.05, 0) is 6.92 Å². The highest BCUT2D eigenvalue weighted by Gasteiger charge is 2.30. The van der Waals surface area contributed by atoms with Crippen LogP contribution in [0.25, 0.3) is 11.3 Å². The second-order valence-corrected chi connectivity index (χ2v) is 7.19. The molecule has 0 aliphatic carbocycles. The number of nitrogens with zero attached hydrogens (tertiary/aromatic N) is 4. The van der Waals surface area contributed by atoms with E-state index in [4.69, 9.17) is 4.42 Å². The van der Waals surface area contributed by atoms with Crippen molar-refractivity contribution in [2.75, 3.05) is 19.6 Å². The van der Waals surface area contributed by atoms with Crippen LogP contribution in [0.4, 0.5) is 0 Å². The summed E-state index contributed by atoms with van der Waals surface area (Å²) in [6.07, 6.45) is 6.26. The first kappa shape index (κ1) is 18.4. The minimum absolute atomic E-state index is 0.0473. The zero-order valence-corrected chi connectivity index (χ0v) is 16.3. The van der Waals surface area contributed by atoms with Crippen molar-refractivity contribution in [3.63, 3.8) is 0 Å². The monoisotopic (exact) mass is 379 g/mol. The lowest BCUT2D eigenvalue weighted by atomic mass is 10.1. The van der Waals surface area contributed by atoms with Gasteiger partial charge < -0.3 is 19.2 Å². The number of nitrogens with one attached hydrogen (secondary N) is 1. The molecule has 7 heteroatoms. The quantitative estimate of drug-likeness (QED) is 0.737. The molecule has 0 radical (unpaired) electrons. The summed E-state index contributed by atoms with van der Waals surface area (Å²) in [6.45, 7) is 4.24. The zero-order valence-electron chi connectivity index (χ0n) is 16.3. The lowest BCUT2D eigenvalue weighted by Crippen LogP contribution is -2.49. The van der Waals surface area contributed by atoms with Gasteiger partial charge in [0.05, 0.1) is 6.20 Å². The molecule has 0 saturated carbocycles. The van der Waals surface area contributed by atoms with Crippen LogP contribution >= 0.6 is 0 Å². The van der Waals surface area contributed by atoms with Crippen molar-refractivity contribution >= 4 is 5.91 Å². The van der Waals surface area contributed by atoms with Crippen LogP contribution in [0.2, 0.25) is 0 Å². The van der Waals surface area contributed by atoms with Crippen molar-refractivity contribution in [3.8, 4) is 11.3 Å². The number of piperazine rings is 1. The van der Waals surface area contributed by atoms with Crippen molar-refractivity contribution < 1.29 is 9.21 Å². The summed E-state index contributed by atoms with van der Waals surface area (Å²) in [5.74, 6) is 2.33. The van der Waals surface area contributed by atoms with E-state index in [1.807, 2.05) is 47.0 Å². The van der Waals surface area contributed by atoms with E-state index in [1.54, 1.807) is 12.4 Å². The fourth-order valence-corrected chi connectivity index (χ4v) is 3.57. The number of benzene rings is 1. The Morgan fingerprint density at radius 3 is 2.86 bits per heavy atom. The minimum atomic E-state index is -0.0473. The SMILES string of the molecule is Cc1ccc(-c2cnc(CCC(=O)N3CCNCC3c3nccn3C)o2)cc1. The predicted octanol–water partition coefficient (Wildman–Crippen LogP) is 2.49. The summed E-state index contributed by atoms with van der Waals surface area (Å²) >= 11 is 0. The Labute approximate surface area is 164 Å². The van der Waals surface area contributed by atoms with Crippen LogP contribution in [0.5, 0.6) is 0 Å². The van der Waals surface area contributed by atoms with Gasteiger partial charge in [-0.3, -0.25) is 4.79 Å². The van der Waals surface area contributed by atoms with Gasteiger partial charge in [0.1, 0.15) is 11.9 Å². The van der Waals surface area contributed by atoms with Crippen molar-refractivity contribution in [2.45, 2.75) is 25.8 Å². The average molecular weight is 379 g/mol. The molecular weight excluding hydrogens is 354 g/mol. The van der Waals surface area contributed by atoms with Crippen LogP contribution in [-0.4, -0.2) is 45.0 Å². The van der Waals surface area contributed by atoms with Crippen molar-refractivity contribution in [1.82, 2.24) is 24.8 Å². The maximum absolute atomic E-state index is 12.9. The number of hydrogen-bond acceptors (Lipinski definition) is 5. The van der Waals surface area contributed by atoms with E-state index >= 15 is 0 Å². The number of aryl methyl sites for hydroxylation is 3. The molecule has 1 atom stereocenters. The minimum Gasteiger partial charge on any atom is -0.441 e. The van der Waals surface area contributed by atoms with E-state index in [-0.39, 0.29) is 11.9 Å². The Bertz CT molecular complexity index is 944. The van der Waals surface area contributed by atoms with Gasteiger partial charge in [-0.15, -0.1) is 0 Å². The predicted molar refractivity (Wildman–Crippen MR) is 106 cm³/mol. The number of imidazole rings is 1. The van der Waals surface area contributed by atoms with E-state index in [1.165, 1.54) is 5.56 Å². The third kappa shape index (κ3) is 3.84. The molecule has 1 aromatic carbocycles. The normalized spacial score (nSPS) is 17.1. The van der Waals surface area contributed by atoms with Crippen LogP contribution in [0, 0.1) is 6.92 Å². The van der Waals surface area contributed by atoms with E-state index in [9.17, 15) is 4.79 Å². The highest BCUT2D eigenvalue weighted by atomic mass is 16.4. The van der Waals surface area contributed by atoms with Gasteiger partial charge in [-0.1, -0.05) is 29.8 Å². The molecule has 3 heterocycles. The molecule has 1 fully saturated rings. The molecule has 7 nitrogen and oxygen atoms in total. The maximum atomic E-state index is 12.9. The van der Waals surface area contributed by atoms with E-state index < -0.39 is 0 Å². The summed E-state index contributed by atoms with van der Waals surface area (Å²) < 4.78 is 7.83. The Kier molecular flexibility index (Phi) is 5.25. The van der Waals surface area contributed by atoms with Gasteiger partial charge in [0, 0.05) is 57.5 Å². The standard InChI is InChI=1S/C21H25N5O2/c1-15-3-5-16(6-4-15)18-14-24-19(28-18)7-8-20(27)26-12-9-22-13-17(26)21-23-10-11-25(21)2/h3-6,10-11,14,17,22H,7-9,12-13H2,1-2H3. The summed E-state index contributed by atoms with van der Waals surface area (Å²) in [6, 6.07) is 8.08. The number of rotatable bonds is 5. The van der Waals surface area contributed by atoms with Crippen LogP contribution in [0.3, 0.4) is 0 Å². The first-order chi connectivity index (χ1) is 13.6. The van der Waals surface area contributed by atoms with Gasteiger partial charge in [-0.25, -0.2) is 9.97 Å². The van der Waals surface area contributed by atoms with Gasteiger partial charge in [0.2, 0.25) is 5.91 Å². The summed E-state index contributed by atoms with van der Waals surface area (Å²) in [5.41, 5.74) is 2.19. The smallest absolute Gasteiger partial charge is 0.223 e. The highest BCUT2D eigenvalue weighted by Crippen LogP contribution is 2.23. The Hall–Kier alpha value is -2.93. The Balaban J connectivity index is 1.41. The van der Waals surface area contributed by atoms with Gasteiger partial charge in [-0.2, -0.15) is 0 Å². The van der Waals surface area contributed by atoms with Gasteiger partial charge in [0.15, 0.2) is 11.7 Å². The summed E-state index contributed by atoms with van der Waals surface area (Å²) in [4.78, 5) is 23.6. The fourth-order valence-electron chi connectivity index (χ4n) is 3.57. The molecular formula is C21H25N5O2. The molecule has 0 bridgehead atoms. The van der Waals surface area contributed by atoms with Crippen molar-refractivity contribution in [2.24, 2.45) is 7.05 Å². The number of oxazole rings is 1.